The summed E-state index contributed by atoms with van der Waals surface area (Å²) in [5, 5.41) is 0.682. The quantitative estimate of drug-likeness (QED) is 0.372. The van der Waals surface area contributed by atoms with Crippen LogP contribution in [0, 0.1) is 13.8 Å². The number of hydrogen-bond donors (Lipinski definition) is 0. The zero-order valence-corrected chi connectivity index (χ0v) is 18.7. The summed E-state index contributed by atoms with van der Waals surface area (Å²) in [6, 6.07) is 9.51. The number of amides is 1. The molecular weight excluding hydrogens is 398 g/mol. The maximum absolute atomic E-state index is 12.7. The van der Waals surface area contributed by atoms with Crippen molar-refractivity contribution in [1.82, 2.24) is 14.9 Å². The summed E-state index contributed by atoms with van der Waals surface area (Å²) in [5.41, 5.74) is 3.15. The maximum atomic E-state index is 12.7. The lowest BCUT2D eigenvalue weighted by Gasteiger charge is -2.35. The van der Waals surface area contributed by atoms with Gasteiger partial charge in [0.2, 0.25) is 0 Å². The van der Waals surface area contributed by atoms with Crippen LogP contribution in [0.1, 0.15) is 59.9 Å². The molecule has 1 atom stereocenters. The highest BCUT2D eigenvalue weighted by atomic mass is 32.2. The van der Waals surface area contributed by atoms with Gasteiger partial charge in [0.05, 0.1) is 5.56 Å². The molecule has 6 nitrogen and oxygen atoms in total. The molecule has 1 amide bonds. The van der Waals surface area contributed by atoms with Gasteiger partial charge in [-0.2, -0.15) is 0 Å². The monoisotopic (exact) mass is 427 g/mol. The lowest BCUT2D eigenvalue weighted by molar-refractivity contribution is -0.138. The van der Waals surface area contributed by atoms with Crippen molar-refractivity contribution < 1.29 is 14.3 Å². The molecule has 1 saturated heterocycles. The van der Waals surface area contributed by atoms with Gasteiger partial charge in [-0.05, 0) is 57.2 Å². The van der Waals surface area contributed by atoms with Gasteiger partial charge < -0.3 is 9.64 Å². The number of carbonyl (C=O) groups is 2. The summed E-state index contributed by atoms with van der Waals surface area (Å²) in [6.07, 6.45) is 4.12. The van der Waals surface area contributed by atoms with Crippen LogP contribution in [0.4, 0.5) is 0 Å². The summed E-state index contributed by atoms with van der Waals surface area (Å²) >= 11 is 1.48. The van der Waals surface area contributed by atoms with Crippen LogP contribution >= 0.6 is 11.8 Å². The molecule has 2 aromatic rings. The molecule has 0 spiro atoms. The third-order valence-electron chi connectivity index (χ3n) is 5.30. The predicted octanol–water partition coefficient (Wildman–Crippen LogP) is 4.33. The number of benzene rings is 1. The largest absolute Gasteiger partial charge is 0.452 e. The number of ether oxygens (including phenoxy) is 1. The van der Waals surface area contributed by atoms with E-state index in [9.17, 15) is 9.59 Å². The normalized spacial score (nSPS) is 16.4. The average Bonchev–Trinajstić information content (AvgIpc) is 2.75. The smallest absolute Gasteiger partial charge is 0.338 e. The van der Waals surface area contributed by atoms with Crippen LogP contribution in [-0.4, -0.2) is 45.9 Å². The molecule has 0 saturated carbocycles. The lowest BCUT2D eigenvalue weighted by atomic mass is 10.00. The van der Waals surface area contributed by atoms with Crippen molar-refractivity contribution in [3.8, 4) is 0 Å². The van der Waals surface area contributed by atoms with Crippen LogP contribution in [-0.2, 0) is 15.3 Å². The Balaban J connectivity index is 1.61. The molecular formula is C23H29N3O3S. The third-order valence-corrected chi connectivity index (χ3v) is 6.20. The molecule has 2 heterocycles. The first-order valence-electron chi connectivity index (χ1n) is 10.5. The minimum absolute atomic E-state index is 0.106. The molecule has 0 unspecified atom stereocenters. The second-order valence-corrected chi connectivity index (χ2v) is 8.54. The van der Waals surface area contributed by atoms with Gasteiger partial charge in [-0.25, -0.2) is 14.8 Å². The number of nitrogens with zero attached hydrogens (tertiary/aromatic N) is 3. The van der Waals surface area contributed by atoms with Crippen molar-refractivity contribution in [2.45, 2.75) is 63.4 Å². The van der Waals surface area contributed by atoms with Crippen molar-refractivity contribution in [3.05, 3.63) is 52.8 Å². The predicted molar refractivity (Wildman–Crippen MR) is 117 cm³/mol. The van der Waals surface area contributed by atoms with Crippen LogP contribution in [0.3, 0.4) is 0 Å². The number of aryl methyl sites for hydroxylation is 2. The van der Waals surface area contributed by atoms with Gasteiger partial charge in [0.25, 0.3) is 5.91 Å². The fourth-order valence-electron chi connectivity index (χ4n) is 3.79. The number of aromatic nitrogens is 2. The fourth-order valence-corrected chi connectivity index (χ4v) is 4.74. The van der Waals surface area contributed by atoms with Gasteiger partial charge in [0.15, 0.2) is 11.8 Å². The van der Waals surface area contributed by atoms with Crippen LogP contribution in [0.25, 0.3) is 0 Å². The zero-order valence-electron chi connectivity index (χ0n) is 17.9. The van der Waals surface area contributed by atoms with E-state index in [2.05, 4.69) is 16.9 Å². The second-order valence-electron chi connectivity index (χ2n) is 7.60. The van der Waals surface area contributed by atoms with Gasteiger partial charge in [-0.15, -0.1) is 0 Å². The Bertz CT molecular complexity index is 883. The zero-order chi connectivity index (χ0) is 21.5. The minimum Gasteiger partial charge on any atom is -0.452 e. The summed E-state index contributed by atoms with van der Waals surface area (Å²) in [7, 11) is 0. The molecule has 0 N–H and O–H groups in total. The van der Waals surface area contributed by atoms with Crippen LogP contribution in [0.15, 0.2) is 35.5 Å². The standard InChI is InChI=1S/C23H29N3O3S/c1-4-19-10-7-8-12-26(19)21(27)14-29-22(28)20-11-6-5-9-18(20)15-30-23-24-16(2)13-17(3)25-23/h5-6,9,11,13,19H,4,7-8,10,12,14-15H2,1-3H3/t19-/m0/s1. The number of likely N-dealkylation sites (tertiary alicyclic amines) is 1. The molecule has 30 heavy (non-hydrogen) atoms. The highest BCUT2D eigenvalue weighted by Crippen LogP contribution is 2.23. The topological polar surface area (TPSA) is 72.4 Å². The molecule has 1 fully saturated rings. The first-order chi connectivity index (χ1) is 14.5. The van der Waals surface area contributed by atoms with E-state index >= 15 is 0 Å². The molecule has 7 heteroatoms. The molecule has 0 bridgehead atoms. The van der Waals surface area contributed by atoms with E-state index < -0.39 is 5.97 Å². The molecule has 0 radical (unpaired) electrons. The number of carbonyl (C=O) groups excluding carboxylic acids is 2. The van der Waals surface area contributed by atoms with Crippen molar-refractivity contribution in [1.29, 1.82) is 0 Å². The van der Waals surface area contributed by atoms with E-state index in [1.165, 1.54) is 11.8 Å². The van der Waals surface area contributed by atoms with E-state index in [0.717, 1.165) is 49.2 Å². The van der Waals surface area contributed by atoms with Gasteiger partial charge in [-0.3, -0.25) is 4.79 Å². The average molecular weight is 428 g/mol. The Labute approximate surface area is 182 Å². The van der Waals surface area contributed by atoms with Crippen LogP contribution in [0.5, 0.6) is 0 Å². The van der Waals surface area contributed by atoms with E-state index in [0.29, 0.717) is 16.5 Å². The van der Waals surface area contributed by atoms with E-state index in [-0.39, 0.29) is 18.6 Å². The Morgan fingerprint density at radius 2 is 1.90 bits per heavy atom. The molecule has 3 rings (SSSR count). The number of thioether (sulfide) groups is 1. The molecule has 1 aromatic carbocycles. The SMILES string of the molecule is CC[C@H]1CCCCN1C(=O)COC(=O)c1ccccc1CSc1nc(C)cc(C)n1. The summed E-state index contributed by atoms with van der Waals surface area (Å²) in [4.78, 5) is 36.0. The Hall–Kier alpha value is -2.41. The second kappa shape index (κ2) is 10.6. The third kappa shape index (κ3) is 5.81. The molecule has 1 aliphatic rings. The van der Waals surface area contributed by atoms with Crippen molar-refractivity contribution in [3.63, 3.8) is 0 Å². The molecule has 160 valence electrons. The van der Waals surface area contributed by atoms with E-state index in [1.807, 2.05) is 36.9 Å². The molecule has 1 aromatic heterocycles. The maximum Gasteiger partial charge on any atom is 0.338 e. The first-order valence-corrected chi connectivity index (χ1v) is 11.5. The van der Waals surface area contributed by atoms with Crippen LogP contribution in [0.2, 0.25) is 0 Å². The first kappa shape index (κ1) is 22.3. The molecule has 1 aliphatic heterocycles. The van der Waals surface area contributed by atoms with Crippen molar-refractivity contribution in [2.24, 2.45) is 0 Å². The summed E-state index contributed by atoms with van der Waals surface area (Å²) < 4.78 is 5.40. The van der Waals surface area contributed by atoms with E-state index in [4.69, 9.17) is 4.74 Å². The Morgan fingerprint density at radius 3 is 2.63 bits per heavy atom. The van der Waals surface area contributed by atoms with E-state index in [1.54, 1.807) is 12.1 Å². The summed E-state index contributed by atoms with van der Waals surface area (Å²) in [5.74, 6) is -0.0251. The van der Waals surface area contributed by atoms with Gasteiger partial charge >= 0.3 is 5.97 Å². The highest BCUT2D eigenvalue weighted by Gasteiger charge is 2.26. The van der Waals surface area contributed by atoms with Gasteiger partial charge in [0, 0.05) is 29.7 Å². The highest BCUT2D eigenvalue weighted by molar-refractivity contribution is 7.98. The number of esters is 1. The van der Waals surface area contributed by atoms with Gasteiger partial charge in [-0.1, -0.05) is 36.9 Å². The lowest BCUT2D eigenvalue weighted by Crippen LogP contribution is -2.45. The number of hydrogen-bond acceptors (Lipinski definition) is 6. The van der Waals surface area contributed by atoms with Crippen molar-refractivity contribution in [2.75, 3.05) is 13.2 Å². The van der Waals surface area contributed by atoms with Crippen molar-refractivity contribution >= 4 is 23.6 Å². The minimum atomic E-state index is -0.467. The molecule has 0 aliphatic carbocycles. The Morgan fingerprint density at radius 1 is 1.17 bits per heavy atom. The van der Waals surface area contributed by atoms with Crippen LogP contribution < -0.4 is 0 Å². The number of rotatable bonds is 7. The fraction of sp³-hybridized carbons (Fsp3) is 0.478. The Kier molecular flexibility index (Phi) is 7.85. The number of piperidine rings is 1. The summed E-state index contributed by atoms with van der Waals surface area (Å²) in [6.45, 7) is 6.50. The van der Waals surface area contributed by atoms with Gasteiger partial charge in [0.1, 0.15) is 0 Å².